The fourth-order valence-corrected chi connectivity index (χ4v) is 1.48. The maximum atomic E-state index is 11.3. The molecule has 0 fully saturated rings. The van der Waals surface area contributed by atoms with Crippen molar-refractivity contribution in [2.24, 2.45) is 10.4 Å². The molecule has 78 valence electrons. The Hall–Kier alpha value is -1.66. The number of hydrogen-bond acceptors (Lipinski definition) is 5. The first-order valence-electron chi connectivity index (χ1n) is 4.00. The predicted octanol–water partition coefficient (Wildman–Crippen LogP) is 1.80. The first-order chi connectivity index (χ1) is 7.18. The minimum Gasteiger partial charge on any atom is -0.340 e. The average Bonchev–Trinajstić information content (AvgIpc) is 2.60. The highest BCUT2D eigenvalue weighted by Gasteiger charge is 2.47. The number of benzene rings is 1. The first-order valence-corrected chi connectivity index (χ1v) is 4.38. The molecule has 15 heavy (non-hydrogen) atoms. The fraction of sp³-hybridized carbons (Fsp3) is 0.125. The van der Waals surface area contributed by atoms with Crippen LogP contribution in [0.1, 0.15) is 5.56 Å². The van der Waals surface area contributed by atoms with Crippen LogP contribution < -0.4 is 5.48 Å². The lowest BCUT2D eigenvalue weighted by atomic mass is 10.1. The molecule has 0 aliphatic carbocycles. The number of anilines is 1. The largest absolute Gasteiger partial charge is 0.340 e. The molecule has 0 saturated heterocycles. The Labute approximate surface area is 89.4 Å². The van der Waals surface area contributed by atoms with Crippen LogP contribution in [0.4, 0.5) is 5.69 Å². The van der Waals surface area contributed by atoms with Crippen molar-refractivity contribution < 1.29 is 14.8 Å². The molecule has 1 heterocycles. The van der Waals surface area contributed by atoms with Crippen LogP contribution in [0.3, 0.4) is 0 Å². The number of carbonyl (C=O) groups excluding carboxylic acids is 1. The van der Waals surface area contributed by atoms with Crippen molar-refractivity contribution in [3.63, 3.8) is 0 Å². The van der Waals surface area contributed by atoms with Gasteiger partial charge in [0, 0.05) is 10.8 Å². The second-order valence-corrected chi connectivity index (χ2v) is 3.36. The molecule has 1 unspecified atom stereocenters. The molecule has 2 rings (SSSR count). The van der Waals surface area contributed by atoms with Crippen molar-refractivity contribution in [2.45, 2.75) is 5.06 Å². The Morgan fingerprint density at radius 3 is 2.80 bits per heavy atom. The van der Waals surface area contributed by atoms with Gasteiger partial charge in [-0.3, -0.25) is 15.5 Å². The second kappa shape index (κ2) is 3.48. The summed E-state index contributed by atoms with van der Waals surface area (Å²) in [6, 6.07) is 6.37. The van der Waals surface area contributed by atoms with Gasteiger partial charge in [0.1, 0.15) is 0 Å². The Bertz CT molecular complexity index is 437. The molecule has 7 heteroatoms. The molecule has 0 spiro atoms. The van der Waals surface area contributed by atoms with Crippen LogP contribution in [-0.2, 0) is 14.7 Å². The lowest BCUT2D eigenvalue weighted by Gasteiger charge is -2.17. The molecule has 0 aromatic heterocycles. The summed E-state index contributed by atoms with van der Waals surface area (Å²) in [6.07, 6.45) is 0. The van der Waals surface area contributed by atoms with Crippen LogP contribution in [0, 0.1) is 0 Å². The molecular formula is C8H6ClN3O3. The van der Waals surface area contributed by atoms with Gasteiger partial charge in [0.15, 0.2) is 0 Å². The molecule has 1 aromatic carbocycles. The van der Waals surface area contributed by atoms with Gasteiger partial charge in [0.2, 0.25) is 0 Å². The van der Waals surface area contributed by atoms with Gasteiger partial charge < -0.3 is 4.84 Å². The minimum atomic E-state index is -1.79. The van der Waals surface area contributed by atoms with E-state index in [1.807, 2.05) is 5.48 Å². The van der Waals surface area contributed by atoms with E-state index in [1.54, 1.807) is 12.1 Å². The molecular weight excluding hydrogens is 222 g/mol. The summed E-state index contributed by atoms with van der Waals surface area (Å²) < 4.78 is 0. The zero-order valence-corrected chi connectivity index (χ0v) is 8.10. The molecule has 6 nitrogen and oxygen atoms in total. The van der Waals surface area contributed by atoms with Gasteiger partial charge in [-0.1, -0.05) is 34.9 Å². The van der Waals surface area contributed by atoms with Gasteiger partial charge in [-0.15, -0.1) is 0 Å². The topological polar surface area (TPSA) is 83.3 Å². The summed E-state index contributed by atoms with van der Waals surface area (Å²) in [5, 5.41) is 13.3. The number of para-hydroxylation sites is 1. The number of amides is 1. The number of nitrogens with one attached hydrogen (secondary N) is 1. The zero-order valence-electron chi connectivity index (χ0n) is 7.35. The Morgan fingerprint density at radius 2 is 2.20 bits per heavy atom. The summed E-state index contributed by atoms with van der Waals surface area (Å²) in [6.45, 7) is 0. The van der Waals surface area contributed by atoms with Crippen molar-refractivity contribution in [2.75, 3.05) is 5.48 Å². The van der Waals surface area contributed by atoms with E-state index in [4.69, 9.17) is 21.6 Å². The van der Waals surface area contributed by atoms with Crippen LogP contribution >= 0.6 is 11.6 Å². The van der Waals surface area contributed by atoms with Gasteiger partial charge in [-0.05, 0) is 6.07 Å². The summed E-state index contributed by atoms with van der Waals surface area (Å²) >= 11 is 5.92. The van der Waals surface area contributed by atoms with E-state index in [9.17, 15) is 4.79 Å². The van der Waals surface area contributed by atoms with Crippen LogP contribution in [0.5, 0.6) is 0 Å². The van der Waals surface area contributed by atoms with Crippen molar-refractivity contribution in [3.8, 4) is 0 Å². The van der Waals surface area contributed by atoms with Crippen molar-refractivity contribution in [3.05, 3.63) is 29.8 Å². The van der Waals surface area contributed by atoms with Crippen LogP contribution in [-0.4, -0.2) is 11.1 Å². The van der Waals surface area contributed by atoms with E-state index in [-0.39, 0.29) is 11.3 Å². The summed E-state index contributed by atoms with van der Waals surface area (Å²) in [4.78, 5) is 16.0. The quantitative estimate of drug-likeness (QED) is 0.596. The van der Waals surface area contributed by atoms with Crippen molar-refractivity contribution in [1.29, 1.82) is 0 Å². The maximum Gasteiger partial charge on any atom is 0.334 e. The van der Waals surface area contributed by atoms with Gasteiger partial charge in [0.05, 0.1) is 5.69 Å². The predicted molar refractivity (Wildman–Crippen MR) is 50.3 cm³/mol. The van der Waals surface area contributed by atoms with Gasteiger partial charge >= 0.3 is 11.0 Å². The molecule has 0 bridgehead atoms. The monoisotopic (exact) mass is 227 g/mol. The van der Waals surface area contributed by atoms with E-state index in [2.05, 4.69) is 10.4 Å². The highest BCUT2D eigenvalue weighted by molar-refractivity contribution is 6.34. The van der Waals surface area contributed by atoms with E-state index < -0.39 is 11.0 Å². The van der Waals surface area contributed by atoms with Gasteiger partial charge in [-0.2, -0.15) is 0 Å². The van der Waals surface area contributed by atoms with Crippen LogP contribution in [0.15, 0.2) is 34.7 Å². The third kappa shape index (κ3) is 1.43. The lowest BCUT2D eigenvalue weighted by Crippen LogP contribution is -2.27. The van der Waals surface area contributed by atoms with E-state index >= 15 is 0 Å². The number of hydrogen-bond donors (Lipinski definition) is 2. The second-order valence-electron chi connectivity index (χ2n) is 2.83. The molecule has 1 atom stereocenters. The molecule has 1 aliphatic rings. The first kappa shape index (κ1) is 9.88. The summed E-state index contributed by atoms with van der Waals surface area (Å²) in [7, 11) is 0. The Kier molecular flexibility index (Phi) is 2.29. The third-order valence-corrected chi connectivity index (χ3v) is 2.40. The maximum absolute atomic E-state index is 11.3. The van der Waals surface area contributed by atoms with E-state index in [0.29, 0.717) is 0 Å². The lowest BCUT2D eigenvalue weighted by molar-refractivity contribution is -0.127. The van der Waals surface area contributed by atoms with E-state index in [0.717, 1.165) is 0 Å². The molecule has 1 aliphatic heterocycles. The van der Waals surface area contributed by atoms with Crippen molar-refractivity contribution in [1.82, 2.24) is 0 Å². The molecule has 0 saturated carbocycles. The van der Waals surface area contributed by atoms with E-state index in [1.165, 1.54) is 12.1 Å². The minimum absolute atomic E-state index is 0.254. The fourth-order valence-electron chi connectivity index (χ4n) is 1.24. The van der Waals surface area contributed by atoms with Gasteiger partial charge in [0.25, 0.3) is 0 Å². The number of alkyl halides is 1. The SMILES string of the molecule is O=C1N=NOC1(Cl)c1ccccc1NO. The zero-order chi connectivity index (χ0) is 10.9. The Balaban J connectivity index is 2.49. The normalized spacial score (nSPS) is 24.0. The summed E-state index contributed by atoms with van der Waals surface area (Å²) in [5.74, 6) is -0.730. The molecule has 0 radical (unpaired) electrons. The van der Waals surface area contributed by atoms with Gasteiger partial charge in [-0.25, -0.2) is 0 Å². The molecule has 2 N–H and O–H groups in total. The van der Waals surface area contributed by atoms with Crippen LogP contribution in [0.2, 0.25) is 0 Å². The number of nitrogens with zero attached hydrogens (tertiary/aromatic N) is 2. The molecule has 1 aromatic rings. The highest BCUT2D eigenvalue weighted by Crippen LogP contribution is 2.39. The average molecular weight is 228 g/mol. The number of carbonyl (C=O) groups is 1. The smallest absolute Gasteiger partial charge is 0.334 e. The highest BCUT2D eigenvalue weighted by atomic mass is 35.5. The number of halogens is 1. The third-order valence-electron chi connectivity index (χ3n) is 1.97. The van der Waals surface area contributed by atoms with Crippen LogP contribution in [0.25, 0.3) is 0 Å². The van der Waals surface area contributed by atoms with Crippen molar-refractivity contribution >= 4 is 23.2 Å². The Morgan fingerprint density at radius 1 is 1.47 bits per heavy atom. The molecule has 1 amide bonds. The number of rotatable bonds is 2. The standard InChI is InChI=1S/C8H6ClN3O3/c9-8(7(13)10-12-15-8)5-3-1-2-4-6(5)11-14/h1-4,11,14H. The summed E-state index contributed by atoms with van der Waals surface area (Å²) in [5.41, 5.74) is 2.43.